The van der Waals surface area contributed by atoms with Crippen molar-refractivity contribution in [2.75, 3.05) is 20.3 Å². The normalized spacial score (nSPS) is 14.9. The van der Waals surface area contributed by atoms with Crippen molar-refractivity contribution in [2.45, 2.75) is 71.8 Å². The van der Waals surface area contributed by atoms with E-state index in [9.17, 15) is 14.7 Å². The molecule has 7 nitrogen and oxygen atoms in total. The van der Waals surface area contributed by atoms with Crippen molar-refractivity contribution >= 4 is 5.97 Å². The summed E-state index contributed by atoms with van der Waals surface area (Å²) >= 11 is 0. The lowest BCUT2D eigenvalue weighted by atomic mass is 9.78. The minimum atomic E-state index is -1.21. The Morgan fingerprint density at radius 2 is 1.76 bits per heavy atom. The third-order valence-corrected chi connectivity index (χ3v) is 6.58. The molecule has 0 unspecified atom stereocenters. The van der Waals surface area contributed by atoms with Crippen molar-refractivity contribution in [1.82, 2.24) is 4.57 Å². The predicted octanol–water partition coefficient (Wildman–Crippen LogP) is 5.04. The molecular formula is C27H38N2O5. The van der Waals surface area contributed by atoms with Gasteiger partial charge in [0, 0.05) is 23.9 Å². The van der Waals surface area contributed by atoms with Gasteiger partial charge in [-0.1, -0.05) is 46.5 Å². The molecule has 34 heavy (non-hydrogen) atoms. The van der Waals surface area contributed by atoms with Gasteiger partial charge in [-0.25, -0.2) is 4.79 Å². The van der Waals surface area contributed by atoms with Crippen LogP contribution in [0.3, 0.4) is 0 Å². The maximum absolute atomic E-state index is 12.5. The zero-order valence-corrected chi connectivity index (χ0v) is 20.9. The van der Waals surface area contributed by atoms with E-state index >= 15 is 0 Å². The molecule has 1 aromatic heterocycles. The Morgan fingerprint density at radius 3 is 2.38 bits per heavy atom. The lowest BCUT2D eigenvalue weighted by molar-refractivity contribution is 0.0693. The van der Waals surface area contributed by atoms with Crippen LogP contribution < -0.4 is 20.6 Å². The largest absolute Gasteiger partial charge is 0.493 e. The number of methoxy groups -OCH3 is 1. The van der Waals surface area contributed by atoms with Gasteiger partial charge in [0.2, 0.25) is 0 Å². The predicted molar refractivity (Wildman–Crippen MR) is 134 cm³/mol. The highest BCUT2D eigenvalue weighted by Gasteiger charge is 2.34. The Balaban J connectivity index is 1.88. The lowest BCUT2D eigenvalue weighted by Crippen LogP contribution is -2.32. The van der Waals surface area contributed by atoms with Gasteiger partial charge < -0.3 is 24.9 Å². The van der Waals surface area contributed by atoms with E-state index in [1.807, 2.05) is 16.7 Å². The van der Waals surface area contributed by atoms with Crippen molar-refractivity contribution in [3.8, 4) is 22.8 Å². The van der Waals surface area contributed by atoms with E-state index in [0.717, 1.165) is 36.9 Å². The highest BCUT2D eigenvalue weighted by molar-refractivity contribution is 5.88. The van der Waals surface area contributed by atoms with Crippen LogP contribution in [0.25, 0.3) is 11.3 Å². The molecule has 1 atom stereocenters. The number of aromatic nitrogens is 1. The van der Waals surface area contributed by atoms with Crippen LogP contribution in [0.15, 0.2) is 29.2 Å². The topological polar surface area (TPSA) is 104 Å². The van der Waals surface area contributed by atoms with Crippen LogP contribution in [0.5, 0.6) is 11.5 Å². The van der Waals surface area contributed by atoms with Gasteiger partial charge in [-0.05, 0) is 48.9 Å². The Morgan fingerprint density at radius 1 is 1.09 bits per heavy atom. The van der Waals surface area contributed by atoms with Gasteiger partial charge in [-0.3, -0.25) is 4.79 Å². The first-order valence-corrected chi connectivity index (χ1v) is 12.2. The van der Waals surface area contributed by atoms with Gasteiger partial charge in [0.15, 0.2) is 16.9 Å². The van der Waals surface area contributed by atoms with E-state index in [-0.39, 0.29) is 17.0 Å². The van der Waals surface area contributed by atoms with Crippen molar-refractivity contribution in [2.24, 2.45) is 11.1 Å². The first kappa shape index (κ1) is 25.8. The summed E-state index contributed by atoms with van der Waals surface area (Å²) in [6.07, 6.45) is 8.95. The van der Waals surface area contributed by atoms with Gasteiger partial charge in [0.05, 0.1) is 19.4 Å². The number of rotatable bonds is 11. The fourth-order valence-electron chi connectivity index (χ4n) is 4.63. The van der Waals surface area contributed by atoms with Crippen LogP contribution in [0.1, 0.15) is 81.3 Å². The van der Waals surface area contributed by atoms with Crippen molar-refractivity contribution in [3.63, 3.8) is 0 Å². The smallest absolute Gasteiger partial charge is 0.341 e. The molecule has 186 valence electrons. The van der Waals surface area contributed by atoms with Crippen LogP contribution in [-0.2, 0) is 6.42 Å². The summed E-state index contributed by atoms with van der Waals surface area (Å²) < 4.78 is 13.7. The second kappa shape index (κ2) is 11.1. The number of fused-ring (bicyclic) bond motifs is 3. The zero-order chi connectivity index (χ0) is 24.9. The molecule has 0 radical (unpaired) electrons. The highest BCUT2D eigenvalue weighted by Crippen LogP contribution is 2.45. The van der Waals surface area contributed by atoms with Crippen molar-refractivity contribution in [3.05, 3.63) is 45.7 Å². The van der Waals surface area contributed by atoms with E-state index < -0.39 is 11.4 Å². The van der Waals surface area contributed by atoms with Crippen LogP contribution in [0.2, 0.25) is 0 Å². The molecule has 0 saturated carbocycles. The van der Waals surface area contributed by atoms with Gasteiger partial charge in [-0.15, -0.1) is 0 Å². The number of carboxylic acids is 1. The number of unbranched alkanes of at least 4 members (excludes halogenated alkanes) is 5. The third-order valence-electron chi connectivity index (χ3n) is 6.58. The molecule has 3 N–H and O–H groups in total. The number of ether oxygens (including phenoxy) is 2. The first-order chi connectivity index (χ1) is 16.2. The average Bonchev–Trinajstić information content (AvgIpc) is 2.78. The Labute approximate surface area is 201 Å². The summed E-state index contributed by atoms with van der Waals surface area (Å²) in [5.41, 5.74) is 7.34. The molecule has 1 aliphatic rings. The number of aromatic carboxylic acids is 1. The first-order valence-electron chi connectivity index (χ1n) is 12.2. The molecule has 0 amide bonds. The van der Waals surface area contributed by atoms with Crippen LogP contribution in [0.4, 0.5) is 0 Å². The van der Waals surface area contributed by atoms with Crippen molar-refractivity contribution < 1.29 is 19.4 Å². The maximum atomic E-state index is 12.5. The minimum Gasteiger partial charge on any atom is -0.493 e. The second-order valence-corrected chi connectivity index (χ2v) is 10.2. The molecule has 0 spiro atoms. The quantitative estimate of drug-likeness (QED) is 0.446. The van der Waals surface area contributed by atoms with Gasteiger partial charge in [0.1, 0.15) is 5.56 Å². The molecule has 0 bridgehead atoms. The summed E-state index contributed by atoms with van der Waals surface area (Å²) in [5.74, 6) is 0.103. The molecule has 1 aromatic carbocycles. The summed E-state index contributed by atoms with van der Waals surface area (Å²) in [6.45, 7) is 7.75. The minimum absolute atomic E-state index is 0.0107. The molecular weight excluding hydrogens is 432 g/mol. The molecule has 7 heteroatoms. The Kier molecular flexibility index (Phi) is 8.42. The SMILES string of the molecule is COc1cc2c(cc1OCCCCCCCCN)C[C@@H](C(C)(C)C)n1cc(C(=O)O)c(=O)cc1-2. The number of nitrogens with two attached hydrogens (primary N) is 1. The van der Waals surface area contributed by atoms with Crippen LogP contribution in [-0.4, -0.2) is 35.9 Å². The lowest BCUT2D eigenvalue weighted by Gasteiger charge is -2.39. The summed E-state index contributed by atoms with van der Waals surface area (Å²) in [5, 5.41) is 9.49. The molecule has 0 saturated heterocycles. The maximum Gasteiger partial charge on any atom is 0.341 e. The Hall–Kier alpha value is -2.80. The number of carboxylic acid groups (broad SMARTS) is 1. The summed E-state index contributed by atoms with van der Waals surface area (Å²) in [4.78, 5) is 24.2. The number of hydrogen-bond acceptors (Lipinski definition) is 5. The van der Waals surface area contributed by atoms with E-state index in [1.165, 1.54) is 31.5 Å². The number of nitrogens with zero attached hydrogens (tertiary/aromatic N) is 1. The monoisotopic (exact) mass is 470 g/mol. The van der Waals surface area contributed by atoms with E-state index in [2.05, 4.69) is 20.8 Å². The molecule has 1 aliphatic heterocycles. The van der Waals surface area contributed by atoms with Gasteiger partial charge in [0.25, 0.3) is 0 Å². The standard InChI is InChI=1S/C27H38N2O5/c1-27(2,3)25-14-18-13-24(34-12-10-8-6-5-7-9-11-28)23(33-4)15-19(18)21-16-22(30)20(26(31)32)17-29(21)25/h13,15-17,25H,5-12,14,28H2,1-4H3,(H,31,32)/t25-/m0/s1. The van der Waals surface area contributed by atoms with Crippen molar-refractivity contribution in [1.29, 1.82) is 0 Å². The average molecular weight is 471 g/mol. The molecule has 2 aromatic rings. The highest BCUT2D eigenvalue weighted by atomic mass is 16.5. The number of carbonyl (C=O) groups is 1. The second-order valence-electron chi connectivity index (χ2n) is 10.2. The fourth-order valence-corrected chi connectivity index (χ4v) is 4.63. The molecule has 3 rings (SSSR count). The van der Waals surface area contributed by atoms with E-state index in [0.29, 0.717) is 30.2 Å². The number of benzene rings is 1. The van der Waals surface area contributed by atoms with Gasteiger partial charge in [-0.2, -0.15) is 0 Å². The van der Waals surface area contributed by atoms with Crippen LogP contribution >= 0.6 is 0 Å². The number of pyridine rings is 1. The van der Waals surface area contributed by atoms with E-state index in [4.69, 9.17) is 15.2 Å². The summed E-state index contributed by atoms with van der Waals surface area (Å²) in [6, 6.07) is 5.35. The molecule has 2 heterocycles. The van der Waals surface area contributed by atoms with Crippen LogP contribution in [0, 0.1) is 5.41 Å². The molecule has 0 aliphatic carbocycles. The third kappa shape index (κ3) is 5.81. The number of hydrogen-bond donors (Lipinski definition) is 2. The fraction of sp³-hybridized carbons (Fsp3) is 0.556. The summed E-state index contributed by atoms with van der Waals surface area (Å²) in [7, 11) is 1.60. The molecule has 0 fully saturated rings. The Bertz CT molecular complexity index is 1070. The van der Waals surface area contributed by atoms with E-state index in [1.54, 1.807) is 7.11 Å². The zero-order valence-electron chi connectivity index (χ0n) is 20.9. The van der Waals surface area contributed by atoms with Gasteiger partial charge >= 0.3 is 5.97 Å².